The first-order valence-electron chi connectivity index (χ1n) is 5.20. The molecule has 0 bridgehead atoms. The highest BCUT2D eigenvalue weighted by Gasteiger charge is 2.16. The number of hydrogen-bond acceptors (Lipinski definition) is 4. The zero-order chi connectivity index (χ0) is 12.6. The molecule has 94 valence electrons. The summed E-state index contributed by atoms with van der Waals surface area (Å²) >= 11 is 0. The average Bonchev–Trinajstić information content (AvgIpc) is 2.25. The standard InChI is InChI=1S/C10H19NO4S/c1-4-11-9(12)5-6-16(14)7-8(2)10(13)15-3/h8H,4-7H2,1-3H3,(H,11,12). The van der Waals surface area contributed by atoms with Crippen LogP contribution in [-0.4, -0.2) is 41.2 Å². The quantitative estimate of drug-likeness (QED) is 0.648. The second-order valence-corrected chi connectivity index (χ2v) is 5.06. The van der Waals surface area contributed by atoms with Crippen molar-refractivity contribution in [1.82, 2.24) is 5.32 Å². The Balaban J connectivity index is 3.82. The summed E-state index contributed by atoms with van der Waals surface area (Å²) < 4.78 is 16.0. The molecule has 1 amide bonds. The second-order valence-electron chi connectivity index (χ2n) is 3.44. The lowest BCUT2D eigenvalue weighted by atomic mass is 10.2. The third kappa shape index (κ3) is 6.55. The van der Waals surface area contributed by atoms with Gasteiger partial charge in [-0.1, -0.05) is 6.92 Å². The molecule has 5 nitrogen and oxygen atoms in total. The number of rotatable bonds is 7. The van der Waals surface area contributed by atoms with Gasteiger partial charge in [0.05, 0.1) is 13.0 Å². The molecule has 0 saturated carbocycles. The molecule has 0 heterocycles. The predicted molar refractivity (Wildman–Crippen MR) is 62.4 cm³/mol. The van der Waals surface area contributed by atoms with Gasteiger partial charge in [0.2, 0.25) is 5.91 Å². The molecule has 1 N–H and O–H groups in total. The molecule has 6 heteroatoms. The van der Waals surface area contributed by atoms with Crippen LogP contribution in [0.1, 0.15) is 20.3 Å². The lowest BCUT2D eigenvalue weighted by molar-refractivity contribution is -0.144. The van der Waals surface area contributed by atoms with Crippen LogP contribution in [0.2, 0.25) is 0 Å². The van der Waals surface area contributed by atoms with E-state index in [1.54, 1.807) is 6.92 Å². The summed E-state index contributed by atoms with van der Waals surface area (Å²) in [7, 11) is 0.144. The monoisotopic (exact) mass is 249 g/mol. The third-order valence-corrected chi connectivity index (χ3v) is 3.50. The lowest BCUT2D eigenvalue weighted by Crippen LogP contribution is -2.26. The van der Waals surface area contributed by atoms with Gasteiger partial charge < -0.3 is 10.1 Å². The molecule has 2 atom stereocenters. The molecule has 0 rings (SSSR count). The van der Waals surface area contributed by atoms with Crippen molar-refractivity contribution in [2.75, 3.05) is 25.2 Å². The normalized spacial score (nSPS) is 13.9. The van der Waals surface area contributed by atoms with Crippen molar-refractivity contribution in [3.8, 4) is 0 Å². The molecule has 0 spiro atoms. The summed E-state index contributed by atoms with van der Waals surface area (Å²) in [6.45, 7) is 4.06. The van der Waals surface area contributed by atoms with Crippen LogP contribution in [0.25, 0.3) is 0 Å². The molecular weight excluding hydrogens is 230 g/mol. The number of methoxy groups -OCH3 is 1. The Morgan fingerprint density at radius 2 is 2.06 bits per heavy atom. The van der Waals surface area contributed by atoms with Gasteiger partial charge in [-0.3, -0.25) is 13.8 Å². The van der Waals surface area contributed by atoms with Crippen molar-refractivity contribution in [1.29, 1.82) is 0 Å². The third-order valence-electron chi connectivity index (χ3n) is 1.97. The molecule has 16 heavy (non-hydrogen) atoms. The highest BCUT2D eigenvalue weighted by molar-refractivity contribution is 7.85. The van der Waals surface area contributed by atoms with Gasteiger partial charge in [0, 0.05) is 35.3 Å². The van der Waals surface area contributed by atoms with Crippen LogP contribution in [0, 0.1) is 5.92 Å². The van der Waals surface area contributed by atoms with Crippen LogP contribution in [0.15, 0.2) is 0 Å². The summed E-state index contributed by atoms with van der Waals surface area (Å²) in [5.74, 6) is -0.341. The molecule has 0 aromatic rings. The highest BCUT2D eigenvalue weighted by Crippen LogP contribution is 2.02. The fraction of sp³-hybridized carbons (Fsp3) is 0.800. The lowest BCUT2D eigenvalue weighted by Gasteiger charge is -2.08. The molecule has 0 aromatic carbocycles. The minimum absolute atomic E-state index is 0.110. The van der Waals surface area contributed by atoms with Crippen molar-refractivity contribution in [3.63, 3.8) is 0 Å². The first-order valence-corrected chi connectivity index (χ1v) is 6.69. The maximum atomic E-state index is 11.5. The van der Waals surface area contributed by atoms with Gasteiger partial charge in [0.15, 0.2) is 0 Å². The van der Waals surface area contributed by atoms with E-state index in [1.807, 2.05) is 6.92 Å². The van der Waals surface area contributed by atoms with Crippen molar-refractivity contribution >= 4 is 22.7 Å². The fourth-order valence-corrected chi connectivity index (χ4v) is 2.40. The Bertz CT molecular complexity index is 268. The second kappa shape index (κ2) is 8.27. The minimum atomic E-state index is -1.16. The van der Waals surface area contributed by atoms with E-state index in [2.05, 4.69) is 10.1 Å². The van der Waals surface area contributed by atoms with Crippen molar-refractivity contribution in [2.45, 2.75) is 20.3 Å². The molecule has 0 aliphatic heterocycles. The largest absolute Gasteiger partial charge is 0.469 e. The van der Waals surface area contributed by atoms with Crippen LogP contribution in [0.3, 0.4) is 0 Å². The van der Waals surface area contributed by atoms with E-state index >= 15 is 0 Å². The molecular formula is C10H19NO4S. The average molecular weight is 249 g/mol. The number of ether oxygens (including phenoxy) is 1. The SMILES string of the molecule is CCNC(=O)CCS(=O)CC(C)C(=O)OC. The number of carbonyl (C=O) groups excluding carboxylic acids is 2. The van der Waals surface area contributed by atoms with Crippen LogP contribution >= 0.6 is 0 Å². The first-order chi connectivity index (χ1) is 7.51. The van der Waals surface area contributed by atoms with Gasteiger partial charge >= 0.3 is 5.97 Å². The van der Waals surface area contributed by atoms with Gasteiger partial charge in [-0.05, 0) is 6.92 Å². The Morgan fingerprint density at radius 3 is 2.56 bits per heavy atom. The van der Waals surface area contributed by atoms with E-state index < -0.39 is 10.8 Å². The molecule has 0 fully saturated rings. The minimum Gasteiger partial charge on any atom is -0.469 e. The molecule has 0 radical (unpaired) electrons. The summed E-state index contributed by atoms with van der Waals surface area (Å²) in [5.41, 5.74) is 0. The van der Waals surface area contributed by atoms with Crippen LogP contribution in [0.5, 0.6) is 0 Å². The molecule has 0 aliphatic rings. The van der Waals surface area contributed by atoms with Gasteiger partial charge in [0.1, 0.15) is 0 Å². The highest BCUT2D eigenvalue weighted by atomic mass is 32.2. The Hall–Kier alpha value is -0.910. The number of nitrogens with one attached hydrogen (secondary N) is 1. The maximum absolute atomic E-state index is 11.5. The molecule has 0 aliphatic carbocycles. The Labute approximate surface area is 98.4 Å². The first kappa shape index (κ1) is 15.1. The van der Waals surface area contributed by atoms with Crippen LogP contribution in [0.4, 0.5) is 0 Å². The van der Waals surface area contributed by atoms with Gasteiger partial charge in [-0.15, -0.1) is 0 Å². The van der Waals surface area contributed by atoms with Crippen molar-refractivity contribution < 1.29 is 18.5 Å². The van der Waals surface area contributed by atoms with E-state index in [0.717, 1.165) is 0 Å². The zero-order valence-electron chi connectivity index (χ0n) is 9.95. The van der Waals surface area contributed by atoms with E-state index in [-0.39, 0.29) is 35.7 Å². The van der Waals surface area contributed by atoms with Crippen molar-refractivity contribution in [2.24, 2.45) is 5.92 Å². The number of carbonyl (C=O) groups is 2. The van der Waals surface area contributed by atoms with E-state index in [9.17, 15) is 13.8 Å². The van der Waals surface area contributed by atoms with Crippen molar-refractivity contribution in [3.05, 3.63) is 0 Å². The van der Waals surface area contributed by atoms with Gasteiger partial charge in [-0.2, -0.15) is 0 Å². The summed E-state index contributed by atoms with van der Waals surface area (Å²) in [6.07, 6.45) is 0.230. The Kier molecular flexibility index (Phi) is 7.80. The predicted octanol–water partition coefficient (Wildman–Crippen LogP) is 0.0704. The summed E-state index contributed by atoms with van der Waals surface area (Å²) in [6, 6.07) is 0. The topological polar surface area (TPSA) is 72.5 Å². The molecule has 0 saturated heterocycles. The summed E-state index contributed by atoms with van der Waals surface area (Å²) in [4.78, 5) is 22.1. The molecule has 0 aromatic heterocycles. The van der Waals surface area contributed by atoms with Gasteiger partial charge in [0.25, 0.3) is 0 Å². The van der Waals surface area contributed by atoms with Gasteiger partial charge in [-0.25, -0.2) is 0 Å². The van der Waals surface area contributed by atoms with E-state index in [1.165, 1.54) is 7.11 Å². The number of amides is 1. The smallest absolute Gasteiger partial charge is 0.309 e. The van der Waals surface area contributed by atoms with Crippen LogP contribution in [-0.2, 0) is 25.1 Å². The number of esters is 1. The van der Waals surface area contributed by atoms with Crippen LogP contribution < -0.4 is 5.32 Å². The van der Waals surface area contributed by atoms with E-state index in [0.29, 0.717) is 6.54 Å². The zero-order valence-corrected chi connectivity index (χ0v) is 10.8. The van der Waals surface area contributed by atoms with E-state index in [4.69, 9.17) is 0 Å². The molecule has 2 unspecified atom stereocenters. The fourth-order valence-electron chi connectivity index (χ4n) is 1.12. The maximum Gasteiger partial charge on any atom is 0.309 e. The summed E-state index contributed by atoms with van der Waals surface area (Å²) in [5, 5.41) is 2.62. The Morgan fingerprint density at radius 1 is 1.44 bits per heavy atom. The number of hydrogen-bond donors (Lipinski definition) is 1.